The fourth-order valence-corrected chi connectivity index (χ4v) is 3.22. The number of hydrazine groups is 1. The molecule has 1 heterocycles. The first-order valence-electron chi connectivity index (χ1n) is 7.24. The molecule has 1 fully saturated rings. The summed E-state index contributed by atoms with van der Waals surface area (Å²) in [7, 11) is 0. The first-order chi connectivity index (χ1) is 10.3. The molecule has 0 bridgehead atoms. The summed E-state index contributed by atoms with van der Waals surface area (Å²) in [5, 5.41) is 2.29. The predicted octanol–water partition coefficient (Wildman–Crippen LogP) is 2.17. The fourth-order valence-electron chi connectivity index (χ4n) is 3.03. The van der Waals surface area contributed by atoms with Gasteiger partial charge in [-0.1, -0.05) is 17.7 Å². The van der Waals surface area contributed by atoms with Crippen molar-refractivity contribution in [1.82, 2.24) is 16.2 Å². The molecule has 1 aliphatic rings. The van der Waals surface area contributed by atoms with Crippen LogP contribution in [-0.2, 0) is 11.2 Å². The first kappa shape index (κ1) is 17.1. The Balaban J connectivity index is 2.00. The summed E-state index contributed by atoms with van der Waals surface area (Å²) >= 11 is 5.52. The van der Waals surface area contributed by atoms with E-state index >= 15 is 0 Å². The lowest BCUT2D eigenvalue weighted by atomic mass is 9.89. The van der Waals surface area contributed by atoms with E-state index in [4.69, 9.17) is 11.6 Å². The lowest BCUT2D eigenvalue weighted by Gasteiger charge is -2.26. The summed E-state index contributed by atoms with van der Waals surface area (Å²) in [5.74, 6) is -1.82. The maximum absolute atomic E-state index is 13.8. The summed E-state index contributed by atoms with van der Waals surface area (Å²) < 4.78 is 26.9. The number of hydrogen-bond acceptors (Lipinski definition) is 3. The van der Waals surface area contributed by atoms with Gasteiger partial charge in [0.2, 0.25) is 5.91 Å². The van der Waals surface area contributed by atoms with Crippen LogP contribution in [0, 0.1) is 17.6 Å². The Kier molecular flexibility index (Phi) is 5.36. The molecular weight excluding hydrogens is 312 g/mol. The Hall–Kier alpha value is -1.24. The molecule has 0 aromatic heterocycles. The zero-order valence-corrected chi connectivity index (χ0v) is 13.5. The maximum Gasteiger partial charge on any atom is 0.224 e. The molecule has 0 aliphatic carbocycles. The number of carbonyl (C=O) groups is 1. The van der Waals surface area contributed by atoms with E-state index in [1.54, 1.807) is 0 Å². The third-order valence-electron chi connectivity index (χ3n) is 4.13. The van der Waals surface area contributed by atoms with E-state index < -0.39 is 16.7 Å². The monoisotopic (exact) mass is 331 g/mol. The predicted molar refractivity (Wildman–Crippen MR) is 81.4 cm³/mol. The van der Waals surface area contributed by atoms with Crippen LogP contribution in [-0.4, -0.2) is 24.0 Å². The maximum atomic E-state index is 13.8. The molecule has 1 aromatic carbocycles. The van der Waals surface area contributed by atoms with Gasteiger partial charge in [-0.3, -0.25) is 15.6 Å². The van der Waals surface area contributed by atoms with Gasteiger partial charge in [0.15, 0.2) is 0 Å². The van der Waals surface area contributed by atoms with E-state index in [0.717, 1.165) is 6.07 Å². The van der Waals surface area contributed by atoms with Crippen LogP contribution < -0.4 is 16.2 Å². The second kappa shape index (κ2) is 6.89. The summed E-state index contributed by atoms with van der Waals surface area (Å²) in [6.07, 6.45) is -0.174. The highest BCUT2D eigenvalue weighted by Crippen LogP contribution is 2.23. The molecule has 0 spiro atoms. The molecule has 7 heteroatoms. The summed E-state index contributed by atoms with van der Waals surface area (Å²) in [6.45, 7) is 5.98. The Morgan fingerprint density at radius 2 is 1.91 bits per heavy atom. The smallest absolute Gasteiger partial charge is 0.224 e. The van der Waals surface area contributed by atoms with E-state index in [1.807, 2.05) is 20.8 Å². The topological polar surface area (TPSA) is 53.2 Å². The van der Waals surface area contributed by atoms with Crippen molar-refractivity contribution >= 4 is 17.5 Å². The molecule has 122 valence electrons. The van der Waals surface area contributed by atoms with E-state index in [9.17, 15) is 13.6 Å². The molecule has 22 heavy (non-hydrogen) atoms. The van der Waals surface area contributed by atoms with Gasteiger partial charge in [-0.15, -0.1) is 0 Å². The van der Waals surface area contributed by atoms with Crippen molar-refractivity contribution in [2.75, 3.05) is 0 Å². The lowest BCUT2D eigenvalue weighted by Crippen LogP contribution is -2.45. The van der Waals surface area contributed by atoms with Crippen molar-refractivity contribution in [2.24, 2.45) is 5.92 Å². The normalized spacial score (nSPS) is 26.0. The largest absolute Gasteiger partial charge is 0.353 e. The number of benzene rings is 1. The van der Waals surface area contributed by atoms with Crippen LogP contribution >= 0.6 is 11.6 Å². The zero-order valence-electron chi connectivity index (χ0n) is 12.7. The SMILES string of the molecule is CC1NNC(C)C1C(C)NC(=O)Cc1ccc(F)c(Cl)c1F. The molecule has 4 nitrogen and oxygen atoms in total. The molecule has 1 amide bonds. The minimum atomic E-state index is -0.879. The molecule has 1 aromatic rings. The molecule has 1 saturated heterocycles. The Morgan fingerprint density at radius 3 is 2.50 bits per heavy atom. The quantitative estimate of drug-likeness (QED) is 0.741. The average Bonchev–Trinajstić information content (AvgIpc) is 2.79. The van der Waals surface area contributed by atoms with Crippen molar-refractivity contribution in [1.29, 1.82) is 0 Å². The molecule has 1 aliphatic heterocycles. The second-order valence-corrected chi connectivity index (χ2v) is 6.19. The van der Waals surface area contributed by atoms with Crippen molar-refractivity contribution in [2.45, 2.75) is 45.3 Å². The molecule has 0 saturated carbocycles. The number of hydrogen-bond donors (Lipinski definition) is 3. The minimum Gasteiger partial charge on any atom is -0.353 e. The van der Waals surface area contributed by atoms with Crippen molar-refractivity contribution < 1.29 is 13.6 Å². The summed E-state index contributed by atoms with van der Waals surface area (Å²) in [6, 6.07) is 2.64. The lowest BCUT2D eigenvalue weighted by molar-refractivity contribution is -0.121. The molecule has 3 unspecified atom stereocenters. The van der Waals surface area contributed by atoms with Gasteiger partial charge < -0.3 is 5.32 Å². The third-order valence-corrected chi connectivity index (χ3v) is 4.47. The molecule has 0 radical (unpaired) electrons. The number of amides is 1. The molecule has 3 N–H and O–H groups in total. The standard InChI is InChI=1S/C15H20ClF2N3O/c1-7(13-8(2)20-21-9(13)3)19-12(22)6-10-4-5-11(17)14(16)15(10)18/h4-5,7-9,13,20-21H,6H2,1-3H3,(H,19,22). The first-order valence-corrected chi connectivity index (χ1v) is 7.61. The molecule has 2 rings (SSSR count). The van der Waals surface area contributed by atoms with Crippen LogP contribution in [0.4, 0.5) is 8.78 Å². The van der Waals surface area contributed by atoms with Crippen molar-refractivity contribution in [3.8, 4) is 0 Å². The Labute approximate surface area is 133 Å². The van der Waals surface area contributed by atoms with Crippen molar-refractivity contribution in [3.63, 3.8) is 0 Å². The van der Waals surface area contributed by atoms with Crippen LogP contribution in [0.2, 0.25) is 5.02 Å². The Bertz CT molecular complexity index is 560. The van der Waals surface area contributed by atoms with Crippen LogP contribution in [0.15, 0.2) is 12.1 Å². The molecule has 3 atom stereocenters. The van der Waals surface area contributed by atoms with Gasteiger partial charge in [-0.2, -0.15) is 0 Å². The number of halogens is 3. The van der Waals surface area contributed by atoms with Crippen LogP contribution in [0.3, 0.4) is 0 Å². The van der Waals surface area contributed by atoms with Gasteiger partial charge in [0, 0.05) is 24.0 Å². The van der Waals surface area contributed by atoms with E-state index in [-0.39, 0.29) is 41.9 Å². The van der Waals surface area contributed by atoms with Gasteiger partial charge in [-0.25, -0.2) is 8.78 Å². The highest BCUT2D eigenvalue weighted by atomic mass is 35.5. The number of nitrogens with one attached hydrogen (secondary N) is 3. The fraction of sp³-hybridized carbons (Fsp3) is 0.533. The highest BCUT2D eigenvalue weighted by Gasteiger charge is 2.34. The summed E-state index contributed by atoms with van der Waals surface area (Å²) in [5.41, 5.74) is 6.33. The average molecular weight is 332 g/mol. The number of carbonyl (C=O) groups excluding carboxylic acids is 1. The van der Waals surface area contributed by atoms with Crippen molar-refractivity contribution in [3.05, 3.63) is 34.4 Å². The van der Waals surface area contributed by atoms with Gasteiger partial charge in [0.25, 0.3) is 0 Å². The zero-order chi connectivity index (χ0) is 16.4. The van der Waals surface area contributed by atoms with Gasteiger partial charge in [0.05, 0.1) is 6.42 Å². The Morgan fingerprint density at radius 1 is 1.32 bits per heavy atom. The van der Waals surface area contributed by atoms with Crippen LogP contribution in [0.1, 0.15) is 26.3 Å². The molecular formula is C15H20ClF2N3O. The van der Waals surface area contributed by atoms with E-state index in [2.05, 4.69) is 16.2 Å². The second-order valence-electron chi connectivity index (χ2n) is 5.81. The summed E-state index contributed by atoms with van der Waals surface area (Å²) in [4.78, 5) is 12.1. The van der Waals surface area contributed by atoms with Crippen LogP contribution in [0.5, 0.6) is 0 Å². The van der Waals surface area contributed by atoms with Gasteiger partial charge >= 0.3 is 0 Å². The number of rotatable bonds is 4. The van der Waals surface area contributed by atoms with E-state index in [0.29, 0.717) is 0 Å². The van der Waals surface area contributed by atoms with Gasteiger partial charge in [0.1, 0.15) is 16.7 Å². The highest BCUT2D eigenvalue weighted by molar-refractivity contribution is 6.31. The third kappa shape index (κ3) is 3.56. The minimum absolute atomic E-state index is 0.0832. The van der Waals surface area contributed by atoms with Gasteiger partial charge in [-0.05, 0) is 32.4 Å². The van der Waals surface area contributed by atoms with Crippen LogP contribution in [0.25, 0.3) is 0 Å². The van der Waals surface area contributed by atoms with E-state index in [1.165, 1.54) is 6.07 Å².